The van der Waals surface area contributed by atoms with Crippen LogP contribution in [-0.2, 0) is 10.2 Å². The number of hydrogen-bond donors (Lipinski definition) is 1. The number of carbonyl (C=O) groups excluding carboxylic acids is 1. The molecule has 0 bridgehead atoms. The van der Waals surface area contributed by atoms with Gasteiger partial charge in [-0.05, 0) is 30.4 Å². The van der Waals surface area contributed by atoms with E-state index in [1.54, 1.807) is 0 Å². The lowest BCUT2D eigenvalue weighted by Gasteiger charge is -2.35. The van der Waals surface area contributed by atoms with Crippen molar-refractivity contribution in [3.05, 3.63) is 71.8 Å². The normalized spacial score (nSPS) is 11.1. The second-order valence-corrected chi connectivity index (χ2v) is 5.74. The molecular formula is C20H25NO. The van der Waals surface area contributed by atoms with E-state index in [9.17, 15) is 4.79 Å². The van der Waals surface area contributed by atoms with Gasteiger partial charge in [0.05, 0.1) is 0 Å². The maximum atomic E-state index is 10.5. The lowest BCUT2D eigenvalue weighted by molar-refractivity contribution is -0.109. The predicted octanol–water partition coefficient (Wildman–Crippen LogP) is 4.30. The molecule has 1 N–H and O–H groups in total. The van der Waals surface area contributed by atoms with Gasteiger partial charge < -0.3 is 5.32 Å². The van der Waals surface area contributed by atoms with Crippen LogP contribution in [0.1, 0.15) is 43.7 Å². The Hall–Kier alpha value is -2.09. The topological polar surface area (TPSA) is 29.1 Å². The molecule has 2 nitrogen and oxygen atoms in total. The summed E-state index contributed by atoms with van der Waals surface area (Å²) in [5, 5.41) is 2.79. The molecule has 0 spiro atoms. The van der Waals surface area contributed by atoms with Crippen LogP contribution in [-0.4, -0.2) is 13.0 Å². The molecule has 2 rings (SSSR count). The molecule has 116 valence electrons. The van der Waals surface area contributed by atoms with Crippen LogP contribution in [0.5, 0.6) is 0 Å². The average Bonchev–Trinajstić information content (AvgIpc) is 2.59. The first kappa shape index (κ1) is 16.3. The largest absolute Gasteiger partial charge is 0.359 e. The Kier molecular flexibility index (Phi) is 6.20. The molecule has 0 saturated heterocycles. The summed E-state index contributed by atoms with van der Waals surface area (Å²) >= 11 is 0. The fraction of sp³-hybridized carbons (Fsp3) is 0.350. The van der Waals surface area contributed by atoms with Crippen molar-refractivity contribution in [1.29, 1.82) is 0 Å². The summed E-state index contributed by atoms with van der Waals surface area (Å²) in [6, 6.07) is 21.5. The maximum absolute atomic E-state index is 10.5. The van der Waals surface area contributed by atoms with Crippen molar-refractivity contribution in [3.63, 3.8) is 0 Å². The Balaban J connectivity index is 2.38. The van der Waals surface area contributed by atoms with Gasteiger partial charge in [-0.2, -0.15) is 0 Å². The summed E-state index contributed by atoms with van der Waals surface area (Å²) in [7, 11) is 0. The van der Waals surface area contributed by atoms with Crippen molar-refractivity contribution in [3.8, 4) is 0 Å². The molecule has 0 heterocycles. The highest BCUT2D eigenvalue weighted by atomic mass is 16.1. The Labute approximate surface area is 133 Å². The molecule has 0 atom stereocenters. The Morgan fingerprint density at radius 1 is 0.909 bits per heavy atom. The van der Waals surface area contributed by atoms with E-state index in [1.807, 2.05) is 0 Å². The van der Waals surface area contributed by atoms with Crippen LogP contribution in [0.25, 0.3) is 0 Å². The van der Waals surface area contributed by atoms with Crippen molar-refractivity contribution in [2.24, 2.45) is 0 Å². The van der Waals surface area contributed by atoms with E-state index in [1.165, 1.54) is 11.1 Å². The average molecular weight is 295 g/mol. The lowest BCUT2D eigenvalue weighted by atomic mass is 9.68. The van der Waals surface area contributed by atoms with Gasteiger partial charge in [0.2, 0.25) is 6.41 Å². The van der Waals surface area contributed by atoms with Gasteiger partial charge in [0.1, 0.15) is 0 Å². The molecule has 2 aromatic rings. The van der Waals surface area contributed by atoms with Crippen LogP contribution in [0.3, 0.4) is 0 Å². The van der Waals surface area contributed by atoms with Crippen LogP contribution >= 0.6 is 0 Å². The van der Waals surface area contributed by atoms with Gasteiger partial charge in [0, 0.05) is 12.0 Å². The van der Waals surface area contributed by atoms with Gasteiger partial charge in [-0.25, -0.2) is 0 Å². The molecule has 0 aromatic heterocycles. The van der Waals surface area contributed by atoms with Crippen LogP contribution in [0.15, 0.2) is 60.7 Å². The SMILES string of the molecule is CCCC(CCCNC=O)(c1ccccc1)c1ccccc1. The Morgan fingerprint density at radius 2 is 1.45 bits per heavy atom. The summed E-state index contributed by atoms with van der Waals surface area (Å²) in [5.74, 6) is 0. The van der Waals surface area contributed by atoms with Gasteiger partial charge >= 0.3 is 0 Å². The molecule has 0 aliphatic heterocycles. The van der Waals surface area contributed by atoms with Crippen LogP contribution in [0, 0.1) is 0 Å². The van der Waals surface area contributed by atoms with Crippen molar-refractivity contribution >= 4 is 6.41 Å². The molecule has 0 aliphatic carbocycles. The van der Waals surface area contributed by atoms with Gasteiger partial charge in [-0.1, -0.05) is 74.0 Å². The zero-order valence-corrected chi connectivity index (χ0v) is 13.3. The second-order valence-electron chi connectivity index (χ2n) is 5.74. The number of nitrogens with one attached hydrogen (secondary N) is 1. The quantitative estimate of drug-likeness (QED) is 0.542. The predicted molar refractivity (Wildman–Crippen MR) is 91.9 cm³/mol. The monoisotopic (exact) mass is 295 g/mol. The highest BCUT2D eigenvalue weighted by Gasteiger charge is 2.32. The van der Waals surface area contributed by atoms with Gasteiger partial charge in [0.15, 0.2) is 0 Å². The zero-order valence-electron chi connectivity index (χ0n) is 13.3. The standard InChI is InChI=1S/C20H25NO/c1-2-14-20(15-9-16-21-17-22,18-10-5-3-6-11-18)19-12-7-4-8-13-19/h3-8,10-13,17H,2,9,14-16H2,1H3,(H,21,22). The smallest absolute Gasteiger partial charge is 0.207 e. The first-order valence-electron chi connectivity index (χ1n) is 8.11. The van der Waals surface area contributed by atoms with E-state index in [2.05, 4.69) is 72.9 Å². The van der Waals surface area contributed by atoms with Gasteiger partial charge in [0.25, 0.3) is 0 Å². The molecule has 2 aromatic carbocycles. The Morgan fingerprint density at radius 3 is 1.91 bits per heavy atom. The summed E-state index contributed by atoms with van der Waals surface area (Å²) < 4.78 is 0. The summed E-state index contributed by atoms with van der Waals surface area (Å²) in [6.45, 7) is 2.97. The van der Waals surface area contributed by atoms with Crippen molar-refractivity contribution in [2.45, 2.75) is 38.0 Å². The third-order valence-corrected chi connectivity index (χ3v) is 4.34. The molecule has 22 heavy (non-hydrogen) atoms. The first-order valence-corrected chi connectivity index (χ1v) is 8.11. The lowest BCUT2D eigenvalue weighted by Crippen LogP contribution is -2.29. The van der Waals surface area contributed by atoms with Crippen molar-refractivity contribution in [2.75, 3.05) is 6.54 Å². The third kappa shape index (κ3) is 3.76. The van der Waals surface area contributed by atoms with E-state index in [0.29, 0.717) is 0 Å². The van der Waals surface area contributed by atoms with E-state index in [4.69, 9.17) is 0 Å². The molecular weight excluding hydrogens is 270 g/mol. The van der Waals surface area contributed by atoms with Crippen molar-refractivity contribution < 1.29 is 4.79 Å². The second kappa shape index (κ2) is 8.38. The van der Waals surface area contributed by atoms with Crippen LogP contribution in [0.4, 0.5) is 0 Å². The molecule has 0 fully saturated rings. The van der Waals surface area contributed by atoms with Crippen LogP contribution in [0.2, 0.25) is 0 Å². The fourth-order valence-corrected chi connectivity index (χ4v) is 3.36. The number of benzene rings is 2. The van der Waals surface area contributed by atoms with E-state index < -0.39 is 0 Å². The fourth-order valence-electron chi connectivity index (χ4n) is 3.36. The number of rotatable bonds is 9. The van der Waals surface area contributed by atoms with E-state index >= 15 is 0 Å². The van der Waals surface area contributed by atoms with Gasteiger partial charge in [-0.15, -0.1) is 0 Å². The van der Waals surface area contributed by atoms with Crippen LogP contribution < -0.4 is 5.32 Å². The molecule has 0 unspecified atom stereocenters. The highest BCUT2D eigenvalue weighted by molar-refractivity contribution is 5.45. The number of hydrogen-bond acceptors (Lipinski definition) is 1. The number of carbonyl (C=O) groups is 1. The minimum Gasteiger partial charge on any atom is -0.359 e. The highest BCUT2D eigenvalue weighted by Crippen LogP contribution is 2.40. The molecule has 0 aliphatic rings. The summed E-state index contributed by atoms with van der Waals surface area (Å²) in [5.41, 5.74) is 2.77. The third-order valence-electron chi connectivity index (χ3n) is 4.34. The van der Waals surface area contributed by atoms with E-state index in [0.717, 1.165) is 38.6 Å². The zero-order chi connectivity index (χ0) is 15.7. The summed E-state index contributed by atoms with van der Waals surface area (Å²) in [6.07, 6.45) is 5.04. The minimum absolute atomic E-state index is 0.0296. The molecule has 0 radical (unpaired) electrons. The molecule has 0 saturated carbocycles. The maximum Gasteiger partial charge on any atom is 0.207 e. The molecule has 1 amide bonds. The van der Waals surface area contributed by atoms with E-state index in [-0.39, 0.29) is 5.41 Å². The summed E-state index contributed by atoms with van der Waals surface area (Å²) in [4.78, 5) is 10.5. The Bertz CT molecular complexity index is 511. The molecule has 2 heteroatoms. The van der Waals surface area contributed by atoms with Gasteiger partial charge in [-0.3, -0.25) is 4.79 Å². The number of amides is 1. The van der Waals surface area contributed by atoms with Crippen molar-refractivity contribution in [1.82, 2.24) is 5.32 Å². The minimum atomic E-state index is 0.0296. The first-order chi connectivity index (χ1) is 10.8.